The molecule has 156 valence electrons. The van der Waals surface area contributed by atoms with Crippen LogP contribution in [0, 0.1) is 0 Å². The maximum atomic E-state index is 12.4. The van der Waals surface area contributed by atoms with Crippen LogP contribution < -0.4 is 9.47 Å². The molecule has 8 nitrogen and oxygen atoms in total. The monoisotopic (exact) mass is 417 g/mol. The fraction of sp³-hybridized carbons (Fsp3) is 0.174. The minimum absolute atomic E-state index is 0.0175. The Labute approximate surface area is 178 Å². The molecule has 2 aromatic carbocycles. The molecule has 0 fully saturated rings. The van der Waals surface area contributed by atoms with E-state index in [2.05, 4.69) is 10.1 Å². The van der Waals surface area contributed by atoms with Gasteiger partial charge in [0.25, 0.3) is 0 Å². The van der Waals surface area contributed by atoms with Crippen molar-refractivity contribution in [2.75, 3.05) is 13.2 Å². The fourth-order valence-electron chi connectivity index (χ4n) is 3.27. The van der Waals surface area contributed by atoms with Gasteiger partial charge in [-0.15, -0.1) is 0 Å². The molecule has 0 aliphatic carbocycles. The normalized spacial score (nSPS) is 12.5. The van der Waals surface area contributed by atoms with Gasteiger partial charge in [-0.05, 0) is 35.9 Å². The SMILES string of the molecule is O=C(OCc1cc(-c2ccc3c(c2)OCCO3)on1)c1ccc(Cn2ccnc2)cc1. The van der Waals surface area contributed by atoms with Crippen LogP contribution in [-0.2, 0) is 17.9 Å². The minimum atomic E-state index is -0.418. The van der Waals surface area contributed by atoms with Crippen LogP contribution in [0.2, 0.25) is 0 Å². The second kappa shape index (κ2) is 8.35. The summed E-state index contributed by atoms with van der Waals surface area (Å²) in [5, 5.41) is 3.99. The first-order chi connectivity index (χ1) is 15.2. The molecule has 0 spiro atoms. The third kappa shape index (κ3) is 4.28. The number of benzene rings is 2. The Balaban J connectivity index is 1.20. The zero-order chi connectivity index (χ0) is 21.0. The second-order valence-corrected chi connectivity index (χ2v) is 7.05. The van der Waals surface area contributed by atoms with Crippen LogP contribution in [0.25, 0.3) is 11.3 Å². The smallest absolute Gasteiger partial charge is 0.338 e. The van der Waals surface area contributed by atoms with Crippen molar-refractivity contribution in [3.63, 3.8) is 0 Å². The zero-order valence-electron chi connectivity index (χ0n) is 16.6. The first-order valence-corrected chi connectivity index (χ1v) is 9.82. The van der Waals surface area contributed by atoms with Crippen molar-refractivity contribution < 1.29 is 23.5 Å². The molecule has 0 unspecified atom stereocenters. The molecule has 0 saturated carbocycles. The van der Waals surface area contributed by atoms with Gasteiger partial charge in [-0.25, -0.2) is 9.78 Å². The number of fused-ring (bicyclic) bond motifs is 1. The molecule has 1 aliphatic rings. The Morgan fingerprint density at radius 3 is 2.68 bits per heavy atom. The van der Waals surface area contributed by atoms with E-state index in [0.29, 0.717) is 48.3 Å². The third-order valence-electron chi connectivity index (χ3n) is 4.85. The summed E-state index contributed by atoms with van der Waals surface area (Å²) < 4.78 is 23.9. The van der Waals surface area contributed by atoms with Crippen molar-refractivity contribution in [3.8, 4) is 22.8 Å². The van der Waals surface area contributed by atoms with Crippen LogP contribution in [0.5, 0.6) is 11.5 Å². The predicted octanol–water partition coefficient (Wildman–Crippen LogP) is 3.71. The van der Waals surface area contributed by atoms with Gasteiger partial charge in [0.2, 0.25) is 0 Å². The molecule has 31 heavy (non-hydrogen) atoms. The van der Waals surface area contributed by atoms with E-state index < -0.39 is 5.97 Å². The Hall–Kier alpha value is -4.07. The number of imidazole rings is 1. The van der Waals surface area contributed by atoms with E-state index in [1.165, 1.54) is 0 Å². The minimum Gasteiger partial charge on any atom is -0.486 e. The van der Waals surface area contributed by atoms with Gasteiger partial charge in [-0.2, -0.15) is 0 Å². The van der Waals surface area contributed by atoms with Crippen molar-refractivity contribution in [2.24, 2.45) is 0 Å². The Kier molecular flexibility index (Phi) is 5.10. The molecule has 0 atom stereocenters. The van der Waals surface area contributed by atoms with Crippen LogP contribution in [0.4, 0.5) is 0 Å². The Morgan fingerprint density at radius 1 is 1.03 bits per heavy atom. The summed E-state index contributed by atoms with van der Waals surface area (Å²) >= 11 is 0. The quantitative estimate of drug-likeness (QED) is 0.442. The summed E-state index contributed by atoms with van der Waals surface area (Å²) in [6.45, 7) is 1.76. The zero-order valence-corrected chi connectivity index (χ0v) is 16.6. The Morgan fingerprint density at radius 2 is 1.87 bits per heavy atom. The van der Waals surface area contributed by atoms with Crippen molar-refractivity contribution in [3.05, 3.63) is 84.1 Å². The molecule has 8 heteroatoms. The Bertz CT molecular complexity index is 1180. The summed E-state index contributed by atoms with van der Waals surface area (Å²) in [7, 11) is 0. The molecule has 0 radical (unpaired) electrons. The highest BCUT2D eigenvalue weighted by Crippen LogP contribution is 2.34. The molecule has 1 aliphatic heterocycles. The van der Waals surface area contributed by atoms with Gasteiger partial charge in [0, 0.05) is 30.6 Å². The third-order valence-corrected chi connectivity index (χ3v) is 4.85. The number of esters is 1. The van der Waals surface area contributed by atoms with Crippen molar-refractivity contribution in [1.82, 2.24) is 14.7 Å². The van der Waals surface area contributed by atoms with E-state index in [9.17, 15) is 4.79 Å². The highest BCUT2D eigenvalue weighted by Gasteiger charge is 2.15. The van der Waals surface area contributed by atoms with E-state index in [4.69, 9.17) is 18.7 Å². The number of hydrogen-bond acceptors (Lipinski definition) is 7. The van der Waals surface area contributed by atoms with Crippen LogP contribution >= 0.6 is 0 Å². The van der Waals surface area contributed by atoms with Gasteiger partial charge in [0.05, 0.1) is 11.9 Å². The van der Waals surface area contributed by atoms with Crippen LogP contribution in [0.3, 0.4) is 0 Å². The number of hydrogen-bond donors (Lipinski definition) is 0. The molecule has 0 saturated heterocycles. The van der Waals surface area contributed by atoms with Gasteiger partial charge in [0.1, 0.15) is 25.5 Å². The summed E-state index contributed by atoms with van der Waals surface area (Å²) in [4.78, 5) is 16.4. The van der Waals surface area contributed by atoms with E-state index in [1.54, 1.807) is 30.7 Å². The van der Waals surface area contributed by atoms with Crippen LogP contribution in [0.1, 0.15) is 21.6 Å². The number of aromatic nitrogens is 3. The molecule has 5 rings (SSSR count). The predicted molar refractivity (Wildman–Crippen MR) is 110 cm³/mol. The number of nitrogens with zero attached hydrogens (tertiary/aromatic N) is 3. The van der Waals surface area contributed by atoms with Crippen molar-refractivity contribution >= 4 is 5.97 Å². The van der Waals surface area contributed by atoms with Crippen LogP contribution in [-0.4, -0.2) is 33.9 Å². The fourth-order valence-corrected chi connectivity index (χ4v) is 3.27. The lowest BCUT2D eigenvalue weighted by molar-refractivity contribution is 0.0464. The topological polar surface area (TPSA) is 88.6 Å². The van der Waals surface area contributed by atoms with E-state index in [1.807, 2.05) is 41.1 Å². The van der Waals surface area contributed by atoms with Gasteiger partial charge in [0.15, 0.2) is 17.3 Å². The highest BCUT2D eigenvalue weighted by atomic mass is 16.6. The van der Waals surface area contributed by atoms with Gasteiger partial charge in [-0.3, -0.25) is 0 Å². The molecule has 2 aromatic heterocycles. The number of carbonyl (C=O) groups is 1. The largest absolute Gasteiger partial charge is 0.486 e. The van der Waals surface area contributed by atoms with Gasteiger partial charge >= 0.3 is 5.97 Å². The molecular formula is C23H19N3O5. The highest BCUT2D eigenvalue weighted by molar-refractivity contribution is 5.89. The van der Waals surface area contributed by atoms with Gasteiger partial charge < -0.3 is 23.3 Å². The van der Waals surface area contributed by atoms with Crippen molar-refractivity contribution in [2.45, 2.75) is 13.2 Å². The summed E-state index contributed by atoms with van der Waals surface area (Å²) in [5.74, 6) is 1.52. The lowest BCUT2D eigenvalue weighted by Crippen LogP contribution is -2.15. The number of ether oxygens (including phenoxy) is 3. The van der Waals surface area contributed by atoms with E-state index in [-0.39, 0.29) is 6.61 Å². The standard InChI is InChI=1S/C23H19N3O5/c27-23(17-3-1-16(2-4-17)13-26-8-7-24-15-26)30-14-19-12-21(31-25-19)18-5-6-20-22(11-18)29-10-9-28-20/h1-8,11-12,15H,9-10,13-14H2. The van der Waals surface area contributed by atoms with E-state index >= 15 is 0 Å². The van der Waals surface area contributed by atoms with E-state index in [0.717, 1.165) is 11.1 Å². The molecule has 4 aromatic rings. The first-order valence-electron chi connectivity index (χ1n) is 9.82. The molecule has 0 bridgehead atoms. The molecule has 0 N–H and O–H groups in total. The number of carbonyl (C=O) groups excluding carboxylic acids is 1. The van der Waals surface area contributed by atoms with Crippen LogP contribution in [0.15, 0.2) is 71.8 Å². The van der Waals surface area contributed by atoms with Crippen molar-refractivity contribution in [1.29, 1.82) is 0 Å². The first kappa shape index (κ1) is 18.9. The lowest BCUT2D eigenvalue weighted by Gasteiger charge is -2.18. The average Bonchev–Trinajstić information content (AvgIpc) is 3.50. The summed E-state index contributed by atoms with van der Waals surface area (Å²) in [6, 6.07) is 14.6. The average molecular weight is 417 g/mol. The van der Waals surface area contributed by atoms with Gasteiger partial charge in [-0.1, -0.05) is 17.3 Å². The summed E-state index contributed by atoms with van der Waals surface area (Å²) in [6.07, 6.45) is 5.37. The molecule has 0 amide bonds. The maximum Gasteiger partial charge on any atom is 0.338 e. The molecular weight excluding hydrogens is 398 g/mol. The molecule has 3 heterocycles. The summed E-state index contributed by atoms with van der Waals surface area (Å²) in [5.41, 5.74) is 2.87. The maximum absolute atomic E-state index is 12.4. The number of rotatable bonds is 6. The second-order valence-electron chi connectivity index (χ2n) is 7.05. The lowest BCUT2D eigenvalue weighted by atomic mass is 10.1.